The molecule has 32 heteroatoms. The van der Waals surface area contributed by atoms with Gasteiger partial charge < -0.3 is 119 Å². The predicted octanol–water partition coefficient (Wildman–Crippen LogP) is 20.4. The van der Waals surface area contributed by atoms with Gasteiger partial charge in [-0.1, -0.05) is 46.3 Å². The second kappa shape index (κ2) is 56.9. The summed E-state index contributed by atoms with van der Waals surface area (Å²) in [6, 6.07) is 35.1. The molecular weight excluding hydrogens is 2010 g/mol. The number of halogens is 2. The van der Waals surface area contributed by atoms with E-state index in [4.69, 9.17) is 66.3 Å². The van der Waals surface area contributed by atoms with Gasteiger partial charge in [0.2, 0.25) is 5.75 Å². The number of phenolic OH excluding ortho intramolecular Hbond substituents is 4. The van der Waals surface area contributed by atoms with Gasteiger partial charge in [0, 0.05) is 75.4 Å². The molecule has 6 aliphatic heterocycles. The standard InChI is InChI=1S/C20H31NO4.C19H21Br2NO3.C19H27NO5.C19H23NO4.2C19H27NO4/c1-5-23-17-8-7-15(13-18(17)24-6-2)14-19(22)25-20(3,4)16-9-11-21-12-10-16;1-19(2,12-5-7-22-8-6-12)25-18(24)15-10-11-9-13(20)3-4-14(11)16(21)17(15)23;1-19(2,14-7-9-20-10-8-14)25-17(21)6-5-13-11-15(23-3)18(22)16(12-13)24-4;1-19(2,14-5-7-20-8-6-14)24-18(23)16-10-13-9-15(21)4-3-12(13)11-17(16)22;1-19(2,15-9-11-20-12-10-15)24-18(21)8-6-14-5-7-16(22-3)13-17(14)23-4;1-19(2,15-10-12-20-13-11-15)24-17(21)9-8-14-6-5-7-16(22-3)18(14)23-4/h7-8,13,16,21H,5-6,9-12,14H2,1-4H3;3-4,9-10,12,22-23H,5-8H2,1-2H3;5-6,11-12,14,20,22H,7-10H2,1-4H3;3-4,9-11,14,20-22H,5-8H2,1-2H3;5-8,13,15,20H,9-12H2,1-4H3;5-9,15,20H,10-13H2,1-4H3/b;;6-5+;;8-6+;9-8+. The Hall–Kier alpha value is -11.4. The van der Waals surface area contributed by atoms with Crippen molar-refractivity contribution in [2.75, 3.05) is 134 Å². The molecule has 0 saturated carbocycles. The number of benzene rings is 8. The Morgan fingerprint density at radius 1 is 0.354 bits per heavy atom. The number of ether oxygens (including phenoxy) is 14. The van der Waals surface area contributed by atoms with Crippen LogP contribution in [-0.4, -0.2) is 224 Å². The van der Waals surface area contributed by atoms with Crippen molar-refractivity contribution in [2.24, 2.45) is 35.5 Å². The monoisotopic (exact) mass is 2160 g/mol. The second-order valence-electron chi connectivity index (χ2n) is 40.4. The van der Waals surface area contributed by atoms with Crippen molar-refractivity contribution < 1.29 is 116 Å². The van der Waals surface area contributed by atoms with Crippen molar-refractivity contribution >= 4 is 107 Å². The summed E-state index contributed by atoms with van der Waals surface area (Å²) in [5.74, 6) is 4.15. The van der Waals surface area contributed by atoms with Crippen molar-refractivity contribution in [1.29, 1.82) is 0 Å². The maximum atomic E-state index is 12.8. The summed E-state index contributed by atoms with van der Waals surface area (Å²) in [4.78, 5) is 74.5. The average Bonchev–Trinajstić information content (AvgIpc) is 0.775. The molecule has 0 radical (unpaired) electrons. The number of piperidine rings is 6. The fraction of sp³-hybridized carbons (Fsp3) is 0.513. The first-order valence-corrected chi connectivity index (χ1v) is 52.5. The first kappa shape index (κ1) is 119. The molecule has 0 amide bonds. The van der Waals surface area contributed by atoms with Gasteiger partial charge >= 0.3 is 35.8 Å². The van der Waals surface area contributed by atoms with Gasteiger partial charge in [-0.3, -0.25) is 4.79 Å². The number of carbonyl (C=O) groups is 6. The lowest BCUT2D eigenvalue weighted by Crippen LogP contribution is -2.43. The van der Waals surface area contributed by atoms with E-state index < -0.39 is 51.5 Å². The van der Waals surface area contributed by atoms with Gasteiger partial charge in [0.05, 0.1) is 66.8 Å². The average molecular weight is 2170 g/mol. The van der Waals surface area contributed by atoms with E-state index in [0.29, 0.717) is 92.7 Å². The number of hydrogen-bond donors (Lipinski definition) is 10. The Labute approximate surface area is 884 Å². The molecule has 0 bridgehead atoms. The minimum Gasteiger partial charge on any atom is -0.508 e. The zero-order chi connectivity index (χ0) is 107. The van der Waals surface area contributed by atoms with Crippen molar-refractivity contribution in [3.05, 3.63) is 182 Å². The van der Waals surface area contributed by atoms with E-state index in [-0.39, 0.29) is 75.9 Å². The van der Waals surface area contributed by atoms with Crippen LogP contribution in [0.5, 0.6) is 69.0 Å². The summed E-state index contributed by atoms with van der Waals surface area (Å²) < 4.78 is 78.4. The molecule has 0 atom stereocenters. The molecule has 6 fully saturated rings. The van der Waals surface area contributed by atoms with Gasteiger partial charge in [-0.05, 0) is 404 Å². The van der Waals surface area contributed by atoms with E-state index in [2.05, 4.69) is 63.8 Å². The Bertz CT molecular complexity index is 5720. The highest BCUT2D eigenvalue weighted by molar-refractivity contribution is 9.11. The summed E-state index contributed by atoms with van der Waals surface area (Å²) in [6.45, 7) is 40.1. The molecule has 8 aromatic rings. The van der Waals surface area contributed by atoms with Crippen LogP contribution in [0.1, 0.15) is 217 Å². The molecule has 804 valence electrons. The molecule has 6 heterocycles. The minimum atomic E-state index is -0.598. The molecule has 8 aromatic carbocycles. The number of para-hydroxylation sites is 1. The van der Waals surface area contributed by atoms with E-state index in [9.17, 15) is 49.2 Å². The zero-order valence-electron chi connectivity index (χ0n) is 89.3. The van der Waals surface area contributed by atoms with E-state index in [0.717, 1.165) is 193 Å². The van der Waals surface area contributed by atoms with Crippen LogP contribution >= 0.6 is 31.9 Å². The minimum absolute atomic E-state index is 0.0724. The largest absolute Gasteiger partial charge is 0.508 e. The summed E-state index contributed by atoms with van der Waals surface area (Å²) in [5, 5.41) is 63.2. The van der Waals surface area contributed by atoms with Crippen LogP contribution in [0.2, 0.25) is 0 Å². The van der Waals surface area contributed by atoms with Crippen LogP contribution in [0.15, 0.2) is 149 Å². The van der Waals surface area contributed by atoms with Crippen LogP contribution in [-0.2, 0) is 54.0 Å². The van der Waals surface area contributed by atoms with E-state index in [1.54, 1.807) is 95.2 Å². The number of aromatic hydroxyl groups is 4. The lowest BCUT2D eigenvalue weighted by molar-refractivity contribution is -0.162. The number of esters is 6. The number of rotatable bonds is 32. The van der Waals surface area contributed by atoms with Crippen LogP contribution in [0.3, 0.4) is 0 Å². The van der Waals surface area contributed by atoms with Crippen molar-refractivity contribution in [1.82, 2.24) is 31.9 Å². The highest BCUT2D eigenvalue weighted by Gasteiger charge is 2.41. The highest BCUT2D eigenvalue weighted by Crippen LogP contribution is 2.44. The van der Waals surface area contributed by atoms with Crippen molar-refractivity contribution in [3.8, 4) is 69.0 Å². The summed E-state index contributed by atoms with van der Waals surface area (Å²) >= 11 is 6.84. The number of methoxy groups -OCH3 is 6. The van der Waals surface area contributed by atoms with Gasteiger partial charge in [0.15, 0.2) is 34.5 Å². The lowest BCUT2D eigenvalue weighted by Gasteiger charge is -2.36. The van der Waals surface area contributed by atoms with Gasteiger partial charge in [0.1, 0.15) is 73.5 Å². The first-order chi connectivity index (χ1) is 69.9. The van der Waals surface area contributed by atoms with E-state index >= 15 is 0 Å². The Morgan fingerprint density at radius 3 is 1.20 bits per heavy atom. The predicted molar refractivity (Wildman–Crippen MR) is 581 cm³/mol. The molecule has 14 rings (SSSR count). The van der Waals surface area contributed by atoms with Gasteiger partial charge in [-0.25, -0.2) is 24.0 Å². The maximum Gasteiger partial charge on any atom is 0.342 e. The quantitative estimate of drug-likeness (QED) is 0.0106. The van der Waals surface area contributed by atoms with Gasteiger partial charge in [-0.15, -0.1) is 0 Å². The number of fused-ring (bicyclic) bond motifs is 2. The smallest absolute Gasteiger partial charge is 0.342 e. The topological polar surface area (TPSA) is 385 Å². The third-order valence-electron chi connectivity index (χ3n) is 28.0. The third kappa shape index (κ3) is 35.7. The molecule has 0 aromatic heterocycles. The van der Waals surface area contributed by atoms with Gasteiger partial charge in [-0.2, -0.15) is 0 Å². The molecule has 6 saturated heterocycles. The van der Waals surface area contributed by atoms with Crippen LogP contribution < -0.4 is 69.8 Å². The van der Waals surface area contributed by atoms with E-state index in [1.165, 1.54) is 38.5 Å². The summed E-state index contributed by atoms with van der Waals surface area (Å²) in [5.41, 5.74) is 0.361. The number of nitrogens with one attached hydrogen (secondary N) is 6. The zero-order valence-corrected chi connectivity index (χ0v) is 92.4. The second-order valence-corrected chi connectivity index (χ2v) is 42.1. The molecule has 30 nitrogen and oxygen atoms in total. The first-order valence-electron chi connectivity index (χ1n) is 50.9. The number of phenols is 4. The molecule has 147 heavy (non-hydrogen) atoms. The summed E-state index contributed by atoms with van der Waals surface area (Å²) in [7, 11) is 9.26. The van der Waals surface area contributed by atoms with Crippen LogP contribution in [0.25, 0.3) is 39.8 Å². The van der Waals surface area contributed by atoms with Crippen molar-refractivity contribution in [3.63, 3.8) is 0 Å². The van der Waals surface area contributed by atoms with Crippen LogP contribution in [0.4, 0.5) is 0 Å². The normalized spacial score (nSPS) is 16.1. The Kier molecular flexibility index (Phi) is 46.1. The molecular formula is C115H156Br2N6O24. The maximum absolute atomic E-state index is 12.8. The molecule has 0 spiro atoms. The van der Waals surface area contributed by atoms with E-state index in [1.807, 2.05) is 164 Å². The lowest BCUT2D eigenvalue weighted by atomic mass is 9.83. The Balaban J connectivity index is 0.000000196. The molecule has 0 aliphatic carbocycles. The van der Waals surface area contributed by atoms with Crippen molar-refractivity contribution in [2.45, 2.75) is 214 Å². The molecule has 10 N–H and O–H groups in total. The van der Waals surface area contributed by atoms with Gasteiger partial charge in [0.25, 0.3) is 0 Å². The number of hydrogen-bond acceptors (Lipinski definition) is 30. The third-order valence-corrected chi connectivity index (χ3v) is 29.3. The Morgan fingerprint density at radius 2 is 0.769 bits per heavy atom. The van der Waals surface area contributed by atoms with Crippen LogP contribution in [0, 0.1) is 35.5 Å². The number of carbonyl (C=O) groups excluding carboxylic acids is 6. The SMILES string of the molecule is CC(C)(OC(=O)c1cc2cc(Br)ccc2c(Br)c1O)C1CCNCC1.CC(C)(OC(=O)c1cc2cc(O)ccc2cc1O)C1CCNCC1.CCOc1ccc(CC(=O)OC(C)(C)C2CCNCC2)cc1OCC.COc1cc(/C=C/C(=O)OC(C)(C)C2CCNCC2)cc(OC)c1O.COc1ccc(/C=C/C(=O)OC(C)(C)C2CCNCC2)c(OC)c1.COc1cccc(/C=C/C(=O)OC(C)(C)C2CCNCC2)c1OC. The molecule has 0 unspecified atom stereocenters. The fourth-order valence-corrected chi connectivity index (χ4v) is 20.1. The summed E-state index contributed by atoms with van der Waals surface area (Å²) in [6.07, 6.45) is 21.6. The molecule has 6 aliphatic rings. The fourth-order valence-electron chi connectivity index (χ4n) is 19.2. The highest BCUT2D eigenvalue weighted by atomic mass is 79.9.